The highest BCUT2D eigenvalue weighted by atomic mass is 16.7. The summed E-state index contributed by atoms with van der Waals surface area (Å²) in [6, 6.07) is 6.46. The van der Waals surface area contributed by atoms with Gasteiger partial charge in [-0.1, -0.05) is 52.2 Å². The molecule has 1 aromatic rings. The predicted octanol–water partition coefficient (Wildman–Crippen LogP) is 5.52. The lowest BCUT2D eigenvalue weighted by atomic mass is 10.0. The van der Waals surface area contributed by atoms with E-state index in [0.717, 1.165) is 5.75 Å². The summed E-state index contributed by atoms with van der Waals surface area (Å²) in [7, 11) is 0. The summed E-state index contributed by atoms with van der Waals surface area (Å²) in [6.45, 7) is 11.3. The molecule has 0 aliphatic carbocycles. The highest BCUT2D eigenvalue weighted by Crippen LogP contribution is 2.20. The fourth-order valence-corrected chi connectivity index (χ4v) is 1.97. The topological polar surface area (TPSA) is 18.5 Å². The second kappa shape index (κ2) is 13.0. The maximum absolute atomic E-state index is 5.55. The number of benzene rings is 1. The third-order valence-electron chi connectivity index (χ3n) is 3.06. The zero-order chi connectivity index (χ0) is 15.2. The molecule has 0 N–H and O–H groups in total. The summed E-state index contributed by atoms with van der Waals surface area (Å²) in [5.41, 5.74) is 2.61. The quantitative estimate of drug-likeness (QED) is 0.438. The van der Waals surface area contributed by atoms with Crippen LogP contribution in [-0.2, 0) is 11.2 Å². The first kappa shape index (κ1) is 19.0. The van der Waals surface area contributed by atoms with Crippen LogP contribution in [0.2, 0.25) is 0 Å². The Hall–Kier alpha value is -1.02. The van der Waals surface area contributed by atoms with Crippen LogP contribution >= 0.6 is 0 Å². The molecule has 0 aromatic heterocycles. The van der Waals surface area contributed by atoms with Crippen molar-refractivity contribution in [1.29, 1.82) is 0 Å². The molecule has 0 saturated heterocycles. The van der Waals surface area contributed by atoms with Crippen molar-refractivity contribution >= 4 is 0 Å². The molecule has 0 amide bonds. The average Bonchev–Trinajstić information content (AvgIpc) is 2.48. The summed E-state index contributed by atoms with van der Waals surface area (Å²) in [5.74, 6) is 0.931. The van der Waals surface area contributed by atoms with Crippen LogP contribution in [0.5, 0.6) is 5.75 Å². The highest BCUT2D eigenvalue weighted by Gasteiger charge is 2.01. The molecule has 0 spiro atoms. The standard InChI is InChI=1S/C16H26O2.C2H6/c1-4-6-7-8-9-15-10-11-16(14(3)12-15)18-13-17-5-2;1-2/h10-12H,4-9,13H2,1-3H3;1-2H3. The van der Waals surface area contributed by atoms with Crippen molar-refractivity contribution in [2.45, 2.75) is 66.7 Å². The van der Waals surface area contributed by atoms with E-state index in [4.69, 9.17) is 9.47 Å². The minimum atomic E-state index is 0.340. The molecular formula is C18H32O2. The lowest BCUT2D eigenvalue weighted by molar-refractivity contribution is 0.0220. The van der Waals surface area contributed by atoms with E-state index in [1.54, 1.807) is 0 Å². The van der Waals surface area contributed by atoms with Gasteiger partial charge in [-0.05, 0) is 43.9 Å². The molecule has 0 bridgehead atoms. The first-order valence-corrected chi connectivity index (χ1v) is 8.08. The summed E-state index contributed by atoms with van der Waals surface area (Å²) in [5, 5.41) is 0. The van der Waals surface area contributed by atoms with Gasteiger partial charge >= 0.3 is 0 Å². The Labute approximate surface area is 125 Å². The van der Waals surface area contributed by atoms with Gasteiger partial charge in [0.2, 0.25) is 0 Å². The van der Waals surface area contributed by atoms with Crippen molar-refractivity contribution in [2.24, 2.45) is 0 Å². The predicted molar refractivity (Wildman–Crippen MR) is 87.5 cm³/mol. The fraction of sp³-hybridized carbons (Fsp3) is 0.667. The molecule has 2 heteroatoms. The molecular weight excluding hydrogens is 248 g/mol. The molecule has 1 aromatic carbocycles. The normalized spacial score (nSPS) is 9.85. The minimum Gasteiger partial charge on any atom is -0.467 e. The molecule has 20 heavy (non-hydrogen) atoms. The Morgan fingerprint density at radius 1 is 1.00 bits per heavy atom. The second-order valence-corrected chi connectivity index (χ2v) is 4.67. The first-order chi connectivity index (χ1) is 9.77. The van der Waals surface area contributed by atoms with Crippen molar-refractivity contribution < 1.29 is 9.47 Å². The summed E-state index contributed by atoms with van der Waals surface area (Å²) in [6.07, 6.45) is 6.43. The molecule has 0 atom stereocenters. The number of ether oxygens (including phenoxy) is 2. The average molecular weight is 280 g/mol. The van der Waals surface area contributed by atoms with Gasteiger partial charge in [0.05, 0.1) is 0 Å². The number of hydrogen-bond donors (Lipinski definition) is 0. The number of hydrogen-bond acceptors (Lipinski definition) is 2. The Morgan fingerprint density at radius 2 is 1.75 bits per heavy atom. The summed E-state index contributed by atoms with van der Waals surface area (Å²) < 4.78 is 10.7. The van der Waals surface area contributed by atoms with E-state index in [1.165, 1.54) is 43.2 Å². The SMILES string of the molecule is CC.CCCCCCc1ccc(OCOCC)c(C)c1. The van der Waals surface area contributed by atoms with Gasteiger partial charge in [-0.2, -0.15) is 0 Å². The molecule has 0 radical (unpaired) electrons. The van der Waals surface area contributed by atoms with Crippen molar-refractivity contribution in [3.8, 4) is 5.75 Å². The van der Waals surface area contributed by atoms with Gasteiger partial charge in [-0.25, -0.2) is 0 Å². The largest absolute Gasteiger partial charge is 0.467 e. The van der Waals surface area contributed by atoms with Crippen LogP contribution in [0.15, 0.2) is 18.2 Å². The molecule has 1 rings (SSSR count). The number of aryl methyl sites for hydroxylation is 2. The van der Waals surface area contributed by atoms with Crippen LogP contribution in [0.1, 0.15) is 64.5 Å². The van der Waals surface area contributed by atoms with E-state index in [0.29, 0.717) is 13.4 Å². The van der Waals surface area contributed by atoms with E-state index in [1.807, 2.05) is 20.8 Å². The second-order valence-electron chi connectivity index (χ2n) is 4.67. The van der Waals surface area contributed by atoms with E-state index in [2.05, 4.69) is 32.0 Å². The van der Waals surface area contributed by atoms with Crippen LogP contribution in [0.4, 0.5) is 0 Å². The van der Waals surface area contributed by atoms with Gasteiger partial charge in [0.1, 0.15) is 5.75 Å². The van der Waals surface area contributed by atoms with E-state index >= 15 is 0 Å². The summed E-state index contributed by atoms with van der Waals surface area (Å²) in [4.78, 5) is 0. The van der Waals surface area contributed by atoms with Crippen LogP contribution in [0.3, 0.4) is 0 Å². The van der Waals surface area contributed by atoms with Gasteiger partial charge in [0, 0.05) is 6.61 Å². The monoisotopic (exact) mass is 280 g/mol. The summed E-state index contributed by atoms with van der Waals surface area (Å²) >= 11 is 0. The maximum Gasteiger partial charge on any atom is 0.189 e. The van der Waals surface area contributed by atoms with Gasteiger partial charge in [-0.15, -0.1) is 0 Å². The number of rotatable bonds is 9. The molecule has 2 nitrogen and oxygen atoms in total. The minimum absolute atomic E-state index is 0.340. The Kier molecular flexibility index (Phi) is 12.3. The van der Waals surface area contributed by atoms with Crippen LogP contribution in [0, 0.1) is 6.92 Å². The molecule has 0 heterocycles. The zero-order valence-corrected chi connectivity index (χ0v) is 14.0. The lowest BCUT2D eigenvalue weighted by Gasteiger charge is -2.10. The van der Waals surface area contributed by atoms with E-state index < -0.39 is 0 Å². The highest BCUT2D eigenvalue weighted by molar-refractivity contribution is 5.36. The fourth-order valence-electron chi connectivity index (χ4n) is 1.97. The Bertz CT molecular complexity index is 334. The van der Waals surface area contributed by atoms with Crippen molar-refractivity contribution in [2.75, 3.05) is 13.4 Å². The number of unbranched alkanes of at least 4 members (excludes halogenated alkanes) is 3. The van der Waals surface area contributed by atoms with E-state index in [-0.39, 0.29) is 0 Å². The van der Waals surface area contributed by atoms with Gasteiger partial charge < -0.3 is 9.47 Å². The first-order valence-electron chi connectivity index (χ1n) is 8.08. The van der Waals surface area contributed by atoms with Gasteiger partial charge in [0.15, 0.2) is 6.79 Å². The lowest BCUT2D eigenvalue weighted by Crippen LogP contribution is -2.03. The van der Waals surface area contributed by atoms with Gasteiger partial charge in [0.25, 0.3) is 0 Å². The molecule has 0 aliphatic rings. The van der Waals surface area contributed by atoms with Crippen LogP contribution in [0.25, 0.3) is 0 Å². The maximum atomic E-state index is 5.55. The third kappa shape index (κ3) is 8.21. The van der Waals surface area contributed by atoms with Crippen molar-refractivity contribution in [3.05, 3.63) is 29.3 Å². The smallest absolute Gasteiger partial charge is 0.189 e. The Morgan fingerprint density at radius 3 is 2.35 bits per heavy atom. The van der Waals surface area contributed by atoms with Crippen LogP contribution in [-0.4, -0.2) is 13.4 Å². The van der Waals surface area contributed by atoms with Crippen molar-refractivity contribution in [1.82, 2.24) is 0 Å². The molecule has 0 unspecified atom stereocenters. The zero-order valence-electron chi connectivity index (χ0n) is 14.0. The van der Waals surface area contributed by atoms with Crippen molar-refractivity contribution in [3.63, 3.8) is 0 Å². The van der Waals surface area contributed by atoms with E-state index in [9.17, 15) is 0 Å². The molecule has 0 fully saturated rings. The molecule has 116 valence electrons. The van der Waals surface area contributed by atoms with Crippen LogP contribution < -0.4 is 4.74 Å². The molecule has 0 saturated carbocycles. The van der Waals surface area contributed by atoms with Gasteiger partial charge in [-0.3, -0.25) is 0 Å². The Balaban J connectivity index is 0.00000172. The molecule has 0 aliphatic heterocycles. The third-order valence-corrected chi connectivity index (χ3v) is 3.06.